The number of aryl methyl sites for hydroxylation is 1. The molecule has 0 saturated carbocycles. The highest BCUT2D eigenvalue weighted by molar-refractivity contribution is 5.94. The van der Waals surface area contributed by atoms with Crippen molar-refractivity contribution in [1.29, 1.82) is 0 Å². The fourth-order valence-corrected chi connectivity index (χ4v) is 1.72. The summed E-state index contributed by atoms with van der Waals surface area (Å²) in [6, 6.07) is 0. The minimum Gasteiger partial charge on any atom is -0.478 e. The highest BCUT2D eigenvalue weighted by Crippen LogP contribution is 2.24. The molecule has 0 fully saturated rings. The smallest absolute Gasteiger partial charge is 0.272 e. The van der Waals surface area contributed by atoms with E-state index in [1.165, 1.54) is 0 Å². The second kappa shape index (κ2) is 4.52. The molecule has 6 nitrogen and oxygen atoms in total. The van der Waals surface area contributed by atoms with E-state index in [1.807, 2.05) is 6.92 Å². The van der Waals surface area contributed by atoms with Crippen LogP contribution in [0.3, 0.4) is 0 Å². The Bertz CT molecular complexity index is 400. The third-order valence-electron chi connectivity index (χ3n) is 2.50. The van der Waals surface area contributed by atoms with Gasteiger partial charge in [0.05, 0.1) is 13.2 Å². The van der Waals surface area contributed by atoms with Crippen molar-refractivity contribution in [3.05, 3.63) is 11.3 Å². The summed E-state index contributed by atoms with van der Waals surface area (Å²) in [5, 5.41) is 15.4. The highest BCUT2D eigenvalue weighted by atomic mass is 16.5. The summed E-state index contributed by atoms with van der Waals surface area (Å²) in [6.45, 7) is 3.43. The molecule has 6 heteroatoms. The first-order valence-electron chi connectivity index (χ1n) is 5.33. The molecule has 0 saturated heterocycles. The lowest BCUT2D eigenvalue weighted by molar-refractivity contribution is 0.0938. The van der Waals surface area contributed by atoms with E-state index in [9.17, 15) is 4.79 Å². The zero-order valence-electron chi connectivity index (χ0n) is 9.19. The van der Waals surface area contributed by atoms with Crippen LogP contribution in [0, 0.1) is 6.92 Å². The lowest BCUT2D eigenvalue weighted by Crippen LogP contribution is -2.27. The van der Waals surface area contributed by atoms with Crippen LogP contribution in [0.5, 0.6) is 5.88 Å². The standard InChI is InChI=1S/C10H15N3O3/c1-7-8(9(15)11-3-5-14)12-13-4-2-6-16-10(7)13/h14H,2-6H2,1H3,(H,11,15). The van der Waals surface area contributed by atoms with Crippen molar-refractivity contribution in [3.63, 3.8) is 0 Å². The summed E-state index contributed by atoms with van der Waals surface area (Å²) in [5.74, 6) is 0.414. The van der Waals surface area contributed by atoms with Crippen LogP contribution in [-0.4, -0.2) is 40.6 Å². The van der Waals surface area contributed by atoms with E-state index in [-0.39, 0.29) is 19.1 Å². The number of ether oxygens (including phenoxy) is 1. The molecule has 2 rings (SSSR count). The molecule has 0 radical (unpaired) electrons. The van der Waals surface area contributed by atoms with Gasteiger partial charge in [-0.3, -0.25) is 4.79 Å². The molecule has 1 aromatic heterocycles. The number of hydrogen-bond donors (Lipinski definition) is 2. The molecule has 16 heavy (non-hydrogen) atoms. The van der Waals surface area contributed by atoms with Crippen molar-refractivity contribution < 1.29 is 14.6 Å². The average Bonchev–Trinajstić information content (AvgIpc) is 2.64. The van der Waals surface area contributed by atoms with E-state index < -0.39 is 0 Å². The monoisotopic (exact) mass is 225 g/mol. The molecule has 0 aliphatic carbocycles. The van der Waals surface area contributed by atoms with Gasteiger partial charge in [0.15, 0.2) is 5.69 Å². The molecule has 1 amide bonds. The molecule has 1 aliphatic rings. The maximum atomic E-state index is 11.7. The number of carbonyl (C=O) groups excluding carboxylic acids is 1. The van der Waals surface area contributed by atoms with E-state index in [2.05, 4.69) is 10.4 Å². The summed E-state index contributed by atoms with van der Waals surface area (Å²) in [7, 11) is 0. The van der Waals surface area contributed by atoms with E-state index >= 15 is 0 Å². The van der Waals surface area contributed by atoms with Crippen molar-refractivity contribution >= 4 is 5.91 Å². The first-order chi connectivity index (χ1) is 7.74. The second-order valence-corrected chi connectivity index (χ2v) is 3.68. The van der Waals surface area contributed by atoms with Gasteiger partial charge >= 0.3 is 0 Å². The number of nitrogens with one attached hydrogen (secondary N) is 1. The van der Waals surface area contributed by atoms with E-state index in [0.29, 0.717) is 18.2 Å². The number of fused-ring (bicyclic) bond motifs is 1. The summed E-state index contributed by atoms with van der Waals surface area (Å²) in [6.07, 6.45) is 0.909. The molecule has 1 aliphatic heterocycles. The first kappa shape index (κ1) is 10.9. The molecular formula is C10H15N3O3. The minimum absolute atomic E-state index is 0.0746. The Hall–Kier alpha value is -1.56. The van der Waals surface area contributed by atoms with Gasteiger partial charge in [-0.25, -0.2) is 4.68 Å². The van der Waals surface area contributed by atoms with Gasteiger partial charge < -0.3 is 15.2 Å². The van der Waals surface area contributed by atoms with Crippen LogP contribution in [0.2, 0.25) is 0 Å². The number of amides is 1. The molecule has 0 aromatic carbocycles. The Morgan fingerprint density at radius 1 is 1.69 bits per heavy atom. The molecule has 0 spiro atoms. The fourth-order valence-electron chi connectivity index (χ4n) is 1.72. The largest absolute Gasteiger partial charge is 0.478 e. The quantitative estimate of drug-likeness (QED) is 0.740. The Balaban J connectivity index is 2.21. The van der Waals surface area contributed by atoms with Crippen LogP contribution >= 0.6 is 0 Å². The summed E-state index contributed by atoms with van der Waals surface area (Å²) in [4.78, 5) is 11.7. The van der Waals surface area contributed by atoms with Gasteiger partial charge in [0.1, 0.15) is 0 Å². The van der Waals surface area contributed by atoms with Crippen LogP contribution in [0.15, 0.2) is 0 Å². The SMILES string of the molecule is Cc1c(C(=O)NCCO)nn2c1OCCC2. The molecule has 1 aromatic rings. The Kier molecular flexibility index (Phi) is 3.09. The lowest BCUT2D eigenvalue weighted by atomic mass is 10.2. The Morgan fingerprint density at radius 2 is 2.50 bits per heavy atom. The van der Waals surface area contributed by atoms with Gasteiger partial charge in [-0.1, -0.05) is 0 Å². The van der Waals surface area contributed by atoms with Crippen molar-refractivity contribution in [1.82, 2.24) is 15.1 Å². The van der Waals surface area contributed by atoms with Gasteiger partial charge in [0.25, 0.3) is 5.91 Å². The fraction of sp³-hybridized carbons (Fsp3) is 0.600. The van der Waals surface area contributed by atoms with E-state index in [0.717, 1.165) is 18.5 Å². The number of aliphatic hydroxyl groups is 1. The third kappa shape index (κ3) is 1.88. The average molecular weight is 225 g/mol. The topological polar surface area (TPSA) is 76.4 Å². The number of aromatic nitrogens is 2. The Morgan fingerprint density at radius 3 is 3.19 bits per heavy atom. The predicted octanol–water partition coefficient (Wildman–Crippen LogP) is -0.304. The number of rotatable bonds is 3. The van der Waals surface area contributed by atoms with Crippen LogP contribution < -0.4 is 10.1 Å². The molecule has 88 valence electrons. The molecular weight excluding hydrogens is 210 g/mol. The molecule has 0 bridgehead atoms. The minimum atomic E-state index is -0.267. The van der Waals surface area contributed by atoms with Crippen LogP contribution in [0.1, 0.15) is 22.5 Å². The van der Waals surface area contributed by atoms with Gasteiger partial charge in [-0.05, 0) is 6.92 Å². The highest BCUT2D eigenvalue weighted by Gasteiger charge is 2.22. The summed E-state index contributed by atoms with van der Waals surface area (Å²) >= 11 is 0. The van der Waals surface area contributed by atoms with Crippen molar-refractivity contribution in [2.45, 2.75) is 19.9 Å². The Labute approximate surface area is 93.2 Å². The van der Waals surface area contributed by atoms with Crippen LogP contribution in [-0.2, 0) is 6.54 Å². The third-order valence-corrected chi connectivity index (χ3v) is 2.50. The van der Waals surface area contributed by atoms with Crippen molar-refractivity contribution in [3.8, 4) is 5.88 Å². The number of carbonyl (C=O) groups is 1. The zero-order chi connectivity index (χ0) is 11.5. The van der Waals surface area contributed by atoms with Gasteiger partial charge in [-0.2, -0.15) is 5.10 Å². The molecule has 0 atom stereocenters. The lowest BCUT2D eigenvalue weighted by Gasteiger charge is -2.14. The van der Waals surface area contributed by atoms with Gasteiger partial charge in [0, 0.05) is 25.1 Å². The molecule has 2 N–H and O–H groups in total. The number of nitrogens with zero attached hydrogens (tertiary/aromatic N) is 2. The first-order valence-corrected chi connectivity index (χ1v) is 5.33. The van der Waals surface area contributed by atoms with Crippen LogP contribution in [0.4, 0.5) is 0 Å². The summed E-state index contributed by atoms with van der Waals surface area (Å²) < 4.78 is 7.18. The van der Waals surface area contributed by atoms with Crippen LogP contribution in [0.25, 0.3) is 0 Å². The molecule has 0 unspecified atom stereocenters. The molecule has 2 heterocycles. The number of hydrogen-bond acceptors (Lipinski definition) is 4. The second-order valence-electron chi connectivity index (χ2n) is 3.68. The van der Waals surface area contributed by atoms with E-state index in [1.54, 1.807) is 4.68 Å². The maximum Gasteiger partial charge on any atom is 0.272 e. The normalized spacial score (nSPS) is 14.1. The number of aliphatic hydroxyl groups excluding tert-OH is 1. The summed E-state index contributed by atoms with van der Waals surface area (Å²) in [5.41, 5.74) is 1.14. The van der Waals surface area contributed by atoms with Crippen molar-refractivity contribution in [2.24, 2.45) is 0 Å². The zero-order valence-corrected chi connectivity index (χ0v) is 9.19. The van der Waals surface area contributed by atoms with Crippen molar-refractivity contribution in [2.75, 3.05) is 19.8 Å². The maximum absolute atomic E-state index is 11.7. The van der Waals surface area contributed by atoms with E-state index in [4.69, 9.17) is 9.84 Å². The van der Waals surface area contributed by atoms with Gasteiger partial charge in [0.2, 0.25) is 5.88 Å². The predicted molar refractivity (Wildman–Crippen MR) is 56.5 cm³/mol. The van der Waals surface area contributed by atoms with Gasteiger partial charge in [-0.15, -0.1) is 0 Å².